The Bertz CT molecular complexity index is 687. The summed E-state index contributed by atoms with van der Waals surface area (Å²) in [5.74, 6) is -0.0181. The zero-order valence-electron chi connectivity index (χ0n) is 11.5. The van der Waals surface area contributed by atoms with E-state index in [2.05, 4.69) is 0 Å². The van der Waals surface area contributed by atoms with Crippen molar-refractivity contribution in [2.45, 2.75) is 18.9 Å². The maximum absolute atomic E-state index is 12.1. The van der Waals surface area contributed by atoms with Gasteiger partial charge in [0.2, 0.25) is 5.91 Å². The van der Waals surface area contributed by atoms with Crippen molar-refractivity contribution in [1.82, 2.24) is 4.90 Å². The number of nitrogens with zero attached hydrogens (tertiary/aromatic N) is 1. The highest BCUT2D eigenvalue weighted by Crippen LogP contribution is 2.35. The monoisotopic (exact) mass is 321 g/mol. The Morgan fingerprint density at radius 1 is 1.33 bits per heavy atom. The summed E-state index contributed by atoms with van der Waals surface area (Å²) in [6, 6.07) is 7.95. The molecule has 1 aliphatic heterocycles. The average Bonchev–Trinajstić information content (AvgIpc) is 2.82. The summed E-state index contributed by atoms with van der Waals surface area (Å²) in [4.78, 5) is 14.8. The molecule has 0 aliphatic carbocycles. The number of thiophene rings is 1. The minimum Gasteiger partial charge on any atom is -0.393 e. The van der Waals surface area contributed by atoms with Gasteiger partial charge in [-0.2, -0.15) is 0 Å². The number of benzene rings is 1. The number of aliphatic hydroxyl groups excluding tert-OH is 1. The van der Waals surface area contributed by atoms with Gasteiger partial charge in [-0.1, -0.05) is 29.8 Å². The number of hydrogen-bond donors (Lipinski definition) is 1. The number of piperidine rings is 1. The van der Waals surface area contributed by atoms with Crippen molar-refractivity contribution in [3.05, 3.63) is 40.2 Å². The van der Waals surface area contributed by atoms with Crippen molar-refractivity contribution < 1.29 is 9.90 Å². The first-order valence-electron chi connectivity index (χ1n) is 6.97. The van der Waals surface area contributed by atoms with Crippen LogP contribution in [-0.2, 0) is 4.79 Å². The van der Waals surface area contributed by atoms with Crippen LogP contribution in [0, 0.1) is 0 Å². The molecular weight excluding hydrogens is 306 g/mol. The number of amides is 1. The second-order valence-corrected chi connectivity index (χ2v) is 6.63. The molecule has 1 amide bonds. The summed E-state index contributed by atoms with van der Waals surface area (Å²) in [6.07, 6.45) is 4.41. The van der Waals surface area contributed by atoms with Crippen LogP contribution >= 0.6 is 22.9 Å². The van der Waals surface area contributed by atoms with E-state index in [0.717, 1.165) is 15.0 Å². The van der Waals surface area contributed by atoms with Crippen molar-refractivity contribution in [2.75, 3.05) is 13.1 Å². The molecule has 2 heterocycles. The van der Waals surface area contributed by atoms with Crippen molar-refractivity contribution in [2.24, 2.45) is 0 Å². The number of halogens is 1. The molecule has 3 nitrogen and oxygen atoms in total. The standard InChI is InChI=1S/C16H16ClNO2S/c17-16-12-3-1-2-4-13(12)21-14(16)5-6-15(20)18-9-7-11(19)8-10-18/h1-6,11,19H,7-10H2. The smallest absolute Gasteiger partial charge is 0.246 e. The Kier molecular flexibility index (Phi) is 4.29. The van der Waals surface area contributed by atoms with Crippen LogP contribution in [0.25, 0.3) is 16.2 Å². The van der Waals surface area contributed by atoms with E-state index in [1.807, 2.05) is 24.3 Å². The zero-order valence-corrected chi connectivity index (χ0v) is 13.0. The number of carbonyl (C=O) groups excluding carboxylic acids is 1. The molecule has 1 N–H and O–H groups in total. The molecule has 110 valence electrons. The molecule has 1 saturated heterocycles. The van der Waals surface area contributed by atoms with E-state index in [0.29, 0.717) is 31.0 Å². The molecule has 0 saturated carbocycles. The number of rotatable bonds is 2. The predicted molar refractivity (Wildman–Crippen MR) is 87.7 cm³/mol. The maximum Gasteiger partial charge on any atom is 0.246 e. The Balaban J connectivity index is 1.75. The number of carbonyl (C=O) groups is 1. The molecule has 0 spiro atoms. The van der Waals surface area contributed by atoms with E-state index in [9.17, 15) is 9.90 Å². The van der Waals surface area contributed by atoms with Gasteiger partial charge in [0.05, 0.1) is 11.1 Å². The highest BCUT2D eigenvalue weighted by atomic mass is 35.5. The van der Waals surface area contributed by atoms with Crippen LogP contribution in [0.1, 0.15) is 17.7 Å². The first-order chi connectivity index (χ1) is 10.1. The fourth-order valence-corrected chi connectivity index (χ4v) is 3.88. The molecular formula is C16H16ClNO2S. The van der Waals surface area contributed by atoms with Crippen LogP contribution in [0.3, 0.4) is 0 Å². The molecule has 1 fully saturated rings. The molecule has 0 radical (unpaired) electrons. The van der Waals surface area contributed by atoms with Gasteiger partial charge in [-0.15, -0.1) is 11.3 Å². The molecule has 0 unspecified atom stereocenters. The van der Waals surface area contributed by atoms with Crippen LogP contribution in [0.15, 0.2) is 30.3 Å². The van der Waals surface area contributed by atoms with Crippen LogP contribution in [0.2, 0.25) is 5.02 Å². The molecule has 5 heteroatoms. The fourth-order valence-electron chi connectivity index (χ4n) is 2.48. The third-order valence-corrected chi connectivity index (χ3v) is 5.37. The summed E-state index contributed by atoms with van der Waals surface area (Å²) in [5, 5.41) is 11.2. The van der Waals surface area contributed by atoms with Gasteiger partial charge in [0.1, 0.15) is 0 Å². The van der Waals surface area contributed by atoms with Gasteiger partial charge < -0.3 is 10.0 Å². The van der Waals surface area contributed by atoms with E-state index in [4.69, 9.17) is 11.6 Å². The lowest BCUT2D eigenvalue weighted by molar-refractivity contribution is -0.127. The number of likely N-dealkylation sites (tertiary alicyclic amines) is 1. The van der Waals surface area contributed by atoms with Gasteiger partial charge >= 0.3 is 0 Å². The first kappa shape index (κ1) is 14.6. The van der Waals surface area contributed by atoms with Gasteiger partial charge in [0, 0.05) is 34.1 Å². The van der Waals surface area contributed by atoms with Crippen molar-refractivity contribution in [1.29, 1.82) is 0 Å². The minimum absolute atomic E-state index is 0.0181. The fraction of sp³-hybridized carbons (Fsp3) is 0.312. The van der Waals surface area contributed by atoms with Crippen molar-refractivity contribution in [3.63, 3.8) is 0 Å². The summed E-state index contributed by atoms with van der Waals surface area (Å²) in [6.45, 7) is 1.23. The summed E-state index contributed by atoms with van der Waals surface area (Å²) >= 11 is 7.93. The van der Waals surface area contributed by atoms with Crippen LogP contribution in [-0.4, -0.2) is 35.1 Å². The van der Waals surface area contributed by atoms with Crippen LogP contribution in [0.5, 0.6) is 0 Å². The normalized spacial score (nSPS) is 17.0. The third kappa shape index (κ3) is 3.12. The van der Waals surface area contributed by atoms with Gasteiger partial charge in [-0.3, -0.25) is 4.79 Å². The lowest BCUT2D eigenvalue weighted by Crippen LogP contribution is -2.39. The quantitative estimate of drug-likeness (QED) is 0.859. The predicted octanol–water partition coefficient (Wildman–Crippen LogP) is 3.55. The lowest BCUT2D eigenvalue weighted by atomic mass is 10.1. The molecule has 1 aromatic heterocycles. The average molecular weight is 322 g/mol. The highest BCUT2D eigenvalue weighted by molar-refractivity contribution is 7.20. The van der Waals surface area contributed by atoms with E-state index >= 15 is 0 Å². The molecule has 3 rings (SSSR count). The van der Waals surface area contributed by atoms with E-state index in [-0.39, 0.29) is 12.0 Å². The van der Waals surface area contributed by atoms with Crippen LogP contribution < -0.4 is 0 Å². The Morgan fingerprint density at radius 2 is 2.05 bits per heavy atom. The third-order valence-electron chi connectivity index (χ3n) is 3.71. The summed E-state index contributed by atoms with van der Waals surface area (Å²) < 4.78 is 1.12. The molecule has 0 bridgehead atoms. The van der Waals surface area contributed by atoms with Gasteiger partial charge in [0.15, 0.2) is 0 Å². The van der Waals surface area contributed by atoms with Gasteiger partial charge in [-0.05, 0) is 25.0 Å². The molecule has 21 heavy (non-hydrogen) atoms. The second-order valence-electron chi connectivity index (χ2n) is 5.17. The van der Waals surface area contributed by atoms with E-state index < -0.39 is 0 Å². The first-order valence-corrected chi connectivity index (χ1v) is 8.16. The summed E-state index contributed by atoms with van der Waals surface area (Å²) in [7, 11) is 0. The Labute approximate surface area is 132 Å². The van der Waals surface area contributed by atoms with E-state index in [1.165, 1.54) is 0 Å². The largest absolute Gasteiger partial charge is 0.393 e. The van der Waals surface area contributed by atoms with Gasteiger partial charge in [0.25, 0.3) is 0 Å². The highest BCUT2D eigenvalue weighted by Gasteiger charge is 2.19. The molecule has 0 atom stereocenters. The zero-order chi connectivity index (χ0) is 14.8. The number of hydrogen-bond acceptors (Lipinski definition) is 3. The minimum atomic E-state index is -0.268. The lowest BCUT2D eigenvalue weighted by Gasteiger charge is -2.28. The molecule has 1 aromatic carbocycles. The Morgan fingerprint density at radius 3 is 2.76 bits per heavy atom. The molecule has 2 aromatic rings. The van der Waals surface area contributed by atoms with E-state index in [1.54, 1.807) is 28.4 Å². The SMILES string of the molecule is O=C(C=Cc1sc2ccccc2c1Cl)N1CCC(O)CC1. The Hall–Kier alpha value is -1.36. The van der Waals surface area contributed by atoms with Crippen molar-refractivity contribution in [3.8, 4) is 0 Å². The van der Waals surface area contributed by atoms with Crippen LogP contribution in [0.4, 0.5) is 0 Å². The number of fused-ring (bicyclic) bond motifs is 1. The second kappa shape index (κ2) is 6.18. The maximum atomic E-state index is 12.1. The van der Waals surface area contributed by atoms with Gasteiger partial charge in [-0.25, -0.2) is 0 Å². The number of aliphatic hydroxyl groups is 1. The van der Waals surface area contributed by atoms with Crippen molar-refractivity contribution >= 4 is 45.0 Å². The summed E-state index contributed by atoms with van der Waals surface area (Å²) in [5.41, 5.74) is 0. The topological polar surface area (TPSA) is 40.5 Å². The molecule has 1 aliphatic rings.